The van der Waals surface area contributed by atoms with Gasteiger partial charge in [-0.05, 0) is 52.2 Å². The highest BCUT2D eigenvalue weighted by Gasteiger charge is 2.37. The van der Waals surface area contributed by atoms with Gasteiger partial charge in [-0.15, -0.1) is 0 Å². The number of hydrogen-bond acceptors (Lipinski definition) is 5. The first-order valence-corrected chi connectivity index (χ1v) is 14.8. The van der Waals surface area contributed by atoms with Crippen molar-refractivity contribution in [3.8, 4) is 0 Å². The van der Waals surface area contributed by atoms with Crippen LogP contribution in [-0.2, 0) is 25.7 Å². The fourth-order valence-electron chi connectivity index (χ4n) is 4.83. The van der Waals surface area contributed by atoms with Gasteiger partial charge in [0.2, 0.25) is 17.7 Å². The van der Waals surface area contributed by atoms with Crippen LogP contribution in [0.4, 0.5) is 4.79 Å². The Bertz CT molecular complexity index is 1170. The van der Waals surface area contributed by atoms with E-state index in [9.17, 15) is 19.2 Å². The number of primary amides is 1. The van der Waals surface area contributed by atoms with Gasteiger partial charge in [-0.25, -0.2) is 4.79 Å². The number of nitrogens with one attached hydrogen (secondary N) is 2. The van der Waals surface area contributed by atoms with Gasteiger partial charge < -0.3 is 26.0 Å². The molecule has 0 aliphatic rings. The average Bonchev–Trinajstić information content (AvgIpc) is 2.89. The van der Waals surface area contributed by atoms with E-state index in [0.717, 1.165) is 42.4 Å². The van der Waals surface area contributed by atoms with E-state index in [1.165, 1.54) is 4.90 Å². The van der Waals surface area contributed by atoms with E-state index >= 15 is 0 Å². The lowest BCUT2D eigenvalue weighted by molar-refractivity contribution is -0.143. The fraction of sp³-hybridized carbons (Fsp3) is 0.515. The summed E-state index contributed by atoms with van der Waals surface area (Å²) in [4.78, 5) is 54.4. The predicted molar refractivity (Wildman–Crippen MR) is 164 cm³/mol. The van der Waals surface area contributed by atoms with E-state index in [0.29, 0.717) is 12.0 Å². The van der Waals surface area contributed by atoms with Crippen molar-refractivity contribution in [1.82, 2.24) is 15.5 Å². The second-order valence-corrected chi connectivity index (χ2v) is 11.8. The monoisotopic (exact) mass is 580 g/mol. The molecule has 2 rings (SSSR count). The zero-order valence-electron chi connectivity index (χ0n) is 26.0. The molecule has 0 radical (unpaired) electrons. The number of benzene rings is 2. The number of hydrogen-bond donors (Lipinski definition) is 3. The third-order valence-electron chi connectivity index (χ3n) is 6.61. The van der Waals surface area contributed by atoms with Gasteiger partial charge in [0.15, 0.2) is 0 Å². The standard InChI is InChI=1S/C33H48N4O5/c1-7-8-9-10-14-17-37(31(40)27(21-28(34)38)36-32(41)42-33(4,5)6)29(26-19-23(2)18-24(3)20-26)30(39)35-22-25-15-12-11-13-16-25/h11-13,15-16,18-20,27,29H,7-10,14,17,21-22H2,1-6H3,(H2,34,38)(H,35,39)(H,36,41). The highest BCUT2D eigenvalue weighted by Crippen LogP contribution is 2.26. The lowest BCUT2D eigenvalue weighted by Gasteiger charge is -2.34. The summed E-state index contributed by atoms with van der Waals surface area (Å²) in [6.07, 6.45) is 3.36. The van der Waals surface area contributed by atoms with Crippen LogP contribution in [0.2, 0.25) is 0 Å². The Morgan fingerprint density at radius 1 is 0.929 bits per heavy atom. The number of unbranched alkanes of at least 4 members (excludes halogenated alkanes) is 4. The minimum absolute atomic E-state index is 0.254. The molecule has 0 saturated heterocycles. The highest BCUT2D eigenvalue weighted by atomic mass is 16.6. The van der Waals surface area contributed by atoms with Crippen LogP contribution in [0.1, 0.15) is 94.5 Å². The first-order chi connectivity index (χ1) is 19.8. The van der Waals surface area contributed by atoms with E-state index < -0.39 is 42.0 Å². The largest absolute Gasteiger partial charge is 0.444 e. The number of carbonyl (C=O) groups excluding carboxylic acids is 4. The molecule has 0 aromatic heterocycles. The molecule has 230 valence electrons. The van der Waals surface area contributed by atoms with E-state index in [4.69, 9.17) is 10.5 Å². The Morgan fingerprint density at radius 3 is 2.12 bits per heavy atom. The van der Waals surface area contributed by atoms with Crippen LogP contribution in [-0.4, -0.2) is 46.9 Å². The Morgan fingerprint density at radius 2 is 1.55 bits per heavy atom. The number of nitrogens with two attached hydrogens (primary N) is 1. The summed E-state index contributed by atoms with van der Waals surface area (Å²) in [5, 5.41) is 5.53. The maximum Gasteiger partial charge on any atom is 0.408 e. The Labute approximate surface area is 250 Å². The molecule has 0 fully saturated rings. The van der Waals surface area contributed by atoms with Crippen molar-refractivity contribution in [3.63, 3.8) is 0 Å². The molecule has 4 N–H and O–H groups in total. The quantitative estimate of drug-likeness (QED) is 0.248. The van der Waals surface area contributed by atoms with Gasteiger partial charge >= 0.3 is 6.09 Å². The highest BCUT2D eigenvalue weighted by molar-refractivity contribution is 5.94. The summed E-state index contributed by atoms with van der Waals surface area (Å²) in [5.74, 6) is -1.70. The van der Waals surface area contributed by atoms with Crippen molar-refractivity contribution in [3.05, 3.63) is 70.8 Å². The topological polar surface area (TPSA) is 131 Å². The summed E-state index contributed by atoms with van der Waals surface area (Å²) in [6.45, 7) is 11.6. The maximum absolute atomic E-state index is 14.2. The normalized spacial score (nSPS) is 12.6. The first-order valence-electron chi connectivity index (χ1n) is 14.8. The second kappa shape index (κ2) is 16.5. The first kappa shape index (κ1) is 34.3. The smallest absolute Gasteiger partial charge is 0.408 e. The zero-order valence-corrected chi connectivity index (χ0v) is 26.0. The molecule has 4 amide bonds. The van der Waals surface area contributed by atoms with Gasteiger partial charge in [-0.1, -0.05) is 92.3 Å². The number of nitrogens with zero attached hydrogens (tertiary/aromatic N) is 1. The van der Waals surface area contributed by atoms with Gasteiger partial charge in [-0.2, -0.15) is 0 Å². The molecule has 42 heavy (non-hydrogen) atoms. The van der Waals surface area contributed by atoms with Crippen LogP contribution in [0.15, 0.2) is 48.5 Å². The summed E-state index contributed by atoms with van der Waals surface area (Å²) in [7, 11) is 0. The van der Waals surface area contributed by atoms with Crippen molar-refractivity contribution >= 4 is 23.8 Å². The zero-order chi connectivity index (χ0) is 31.3. The van der Waals surface area contributed by atoms with Crippen molar-refractivity contribution in [1.29, 1.82) is 0 Å². The number of alkyl carbamates (subject to hydrolysis) is 1. The Balaban J connectivity index is 2.52. The molecular weight excluding hydrogens is 532 g/mol. The lowest BCUT2D eigenvalue weighted by atomic mass is 9.97. The van der Waals surface area contributed by atoms with E-state index in [2.05, 4.69) is 17.6 Å². The molecule has 0 spiro atoms. The molecule has 2 atom stereocenters. The number of rotatable bonds is 15. The second-order valence-electron chi connectivity index (χ2n) is 11.8. The van der Waals surface area contributed by atoms with Crippen LogP contribution in [0, 0.1) is 13.8 Å². The molecule has 0 bridgehead atoms. The van der Waals surface area contributed by atoms with Crippen LogP contribution in [0.25, 0.3) is 0 Å². The van der Waals surface area contributed by atoms with Crippen molar-refractivity contribution in [2.75, 3.05) is 6.54 Å². The average molecular weight is 581 g/mol. The maximum atomic E-state index is 14.2. The molecule has 9 heteroatoms. The summed E-state index contributed by atoms with van der Waals surface area (Å²) in [6, 6.07) is 13.0. The molecule has 0 heterocycles. The van der Waals surface area contributed by atoms with Crippen LogP contribution >= 0.6 is 0 Å². The van der Waals surface area contributed by atoms with Gasteiger partial charge in [0.1, 0.15) is 17.7 Å². The number of carbonyl (C=O) groups is 4. The third-order valence-corrected chi connectivity index (χ3v) is 6.61. The van der Waals surface area contributed by atoms with Crippen LogP contribution < -0.4 is 16.4 Å². The molecule has 2 aromatic carbocycles. The Kier molecular flexibility index (Phi) is 13.5. The van der Waals surface area contributed by atoms with Crippen LogP contribution in [0.3, 0.4) is 0 Å². The minimum atomic E-state index is -1.30. The predicted octanol–water partition coefficient (Wildman–Crippen LogP) is 5.23. The van der Waals surface area contributed by atoms with Gasteiger partial charge in [0.05, 0.1) is 6.42 Å². The number of amides is 4. The van der Waals surface area contributed by atoms with E-state index in [1.807, 2.05) is 62.4 Å². The molecule has 2 unspecified atom stereocenters. The summed E-state index contributed by atoms with van der Waals surface area (Å²) >= 11 is 0. The SMILES string of the molecule is CCCCCCCN(C(=O)C(CC(N)=O)NC(=O)OC(C)(C)C)C(C(=O)NCc1ccccc1)c1cc(C)cc(C)c1. The summed E-state index contributed by atoms with van der Waals surface area (Å²) < 4.78 is 5.36. The van der Waals surface area contributed by atoms with Gasteiger partial charge in [-0.3, -0.25) is 14.4 Å². The van der Waals surface area contributed by atoms with Crippen LogP contribution in [0.5, 0.6) is 0 Å². The van der Waals surface area contributed by atoms with Crippen molar-refractivity contribution < 1.29 is 23.9 Å². The molecule has 2 aromatic rings. The fourth-order valence-corrected chi connectivity index (χ4v) is 4.83. The molecular formula is C33H48N4O5. The molecule has 0 aliphatic carbocycles. The molecule has 9 nitrogen and oxygen atoms in total. The summed E-state index contributed by atoms with van der Waals surface area (Å²) in [5.41, 5.74) is 8.15. The van der Waals surface area contributed by atoms with Crippen molar-refractivity contribution in [2.24, 2.45) is 5.73 Å². The minimum Gasteiger partial charge on any atom is -0.444 e. The molecule has 0 aliphatic heterocycles. The van der Waals surface area contributed by atoms with Gasteiger partial charge in [0.25, 0.3) is 0 Å². The van der Waals surface area contributed by atoms with Crippen molar-refractivity contribution in [2.45, 2.75) is 104 Å². The number of ether oxygens (including phenoxy) is 1. The Hall–Kier alpha value is -3.88. The third kappa shape index (κ3) is 11.9. The van der Waals surface area contributed by atoms with Gasteiger partial charge in [0, 0.05) is 13.1 Å². The van der Waals surface area contributed by atoms with E-state index in [1.54, 1.807) is 20.8 Å². The van der Waals surface area contributed by atoms with E-state index in [-0.39, 0.29) is 19.0 Å². The number of aryl methyl sites for hydroxylation is 2. The molecule has 0 saturated carbocycles. The lowest BCUT2D eigenvalue weighted by Crippen LogP contribution is -2.54.